The summed E-state index contributed by atoms with van der Waals surface area (Å²) in [6.45, 7) is 8.74. The number of aromatic nitrogens is 2. The molecule has 3 heteroatoms. The maximum atomic E-state index is 6.41. The van der Waals surface area contributed by atoms with Gasteiger partial charge in [-0.3, -0.25) is 4.98 Å². The Hall–Kier alpha value is -3.20. The molecule has 0 saturated heterocycles. The Labute approximate surface area is 201 Å². The maximum Gasteiger partial charge on any atom is 0.227 e. The van der Waals surface area contributed by atoms with E-state index in [9.17, 15) is 0 Å². The Bertz CT molecular complexity index is 1540. The van der Waals surface area contributed by atoms with Crippen molar-refractivity contribution >= 4 is 32.8 Å². The molecule has 3 heterocycles. The van der Waals surface area contributed by atoms with Gasteiger partial charge in [0.1, 0.15) is 5.58 Å². The molecule has 1 aliphatic rings. The van der Waals surface area contributed by atoms with Crippen LogP contribution in [0, 0.1) is 19.8 Å². The molecule has 3 nitrogen and oxygen atoms in total. The fraction of sp³-hybridized carbons (Fsp3) is 0.355. The SMILES string of the molecule is Cc1cc(-c2nc(C3CCCC3)cc3cc(CC(C)C)ccc23)c2oc3nc(C)ccc3c2c1. The summed E-state index contributed by atoms with van der Waals surface area (Å²) >= 11 is 0. The highest BCUT2D eigenvalue weighted by Crippen LogP contribution is 2.41. The maximum absolute atomic E-state index is 6.41. The Morgan fingerprint density at radius 3 is 2.47 bits per heavy atom. The Kier molecular flexibility index (Phi) is 5.17. The summed E-state index contributed by atoms with van der Waals surface area (Å²) in [6, 6.07) is 17.9. The van der Waals surface area contributed by atoms with Gasteiger partial charge in [-0.25, -0.2) is 4.98 Å². The number of hydrogen-bond donors (Lipinski definition) is 0. The first-order valence-corrected chi connectivity index (χ1v) is 12.7. The second-order valence-electron chi connectivity index (χ2n) is 10.6. The van der Waals surface area contributed by atoms with Gasteiger partial charge in [-0.05, 0) is 85.9 Å². The molecular weight excluding hydrogens is 416 g/mol. The summed E-state index contributed by atoms with van der Waals surface area (Å²) in [5.41, 5.74) is 8.53. The van der Waals surface area contributed by atoms with Crippen LogP contribution in [0.15, 0.2) is 52.9 Å². The van der Waals surface area contributed by atoms with Crippen LogP contribution in [0.3, 0.4) is 0 Å². The summed E-state index contributed by atoms with van der Waals surface area (Å²) in [6.07, 6.45) is 6.17. The molecule has 3 aromatic heterocycles. The number of rotatable bonds is 4. The molecule has 2 aromatic carbocycles. The average Bonchev–Trinajstić information content (AvgIpc) is 3.45. The first-order valence-electron chi connectivity index (χ1n) is 12.7. The van der Waals surface area contributed by atoms with Crippen LogP contribution in [0.1, 0.15) is 68.0 Å². The highest BCUT2D eigenvalue weighted by molar-refractivity contribution is 6.11. The number of aryl methyl sites for hydroxylation is 2. The molecule has 0 unspecified atom stereocenters. The Morgan fingerprint density at radius 2 is 1.68 bits per heavy atom. The van der Waals surface area contributed by atoms with Crippen LogP contribution in [-0.4, -0.2) is 9.97 Å². The van der Waals surface area contributed by atoms with E-state index in [1.165, 1.54) is 53.3 Å². The zero-order chi connectivity index (χ0) is 23.4. The van der Waals surface area contributed by atoms with Crippen LogP contribution in [0.2, 0.25) is 0 Å². The Morgan fingerprint density at radius 1 is 0.882 bits per heavy atom. The van der Waals surface area contributed by atoms with Crippen LogP contribution in [0.25, 0.3) is 44.1 Å². The Balaban J connectivity index is 1.65. The van der Waals surface area contributed by atoms with Gasteiger partial charge >= 0.3 is 0 Å². The zero-order valence-electron chi connectivity index (χ0n) is 20.6. The zero-order valence-corrected chi connectivity index (χ0v) is 20.6. The van der Waals surface area contributed by atoms with Crippen molar-refractivity contribution in [3.05, 3.63) is 71.0 Å². The third kappa shape index (κ3) is 3.68. The number of fused-ring (bicyclic) bond motifs is 4. The molecule has 0 radical (unpaired) electrons. The molecule has 0 bridgehead atoms. The predicted molar refractivity (Wildman–Crippen MR) is 141 cm³/mol. The largest absolute Gasteiger partial charge is 0.437 e. The lowest BCUT2D eigenvalue weighted by molar-refractivity contribution is 0.648. The molecule has 1 saturated carbocycles. The van der Waals surface area contributed by atoms with Crippen molar-refractivity contribution in [3.63, 3.8) is 0 Å². The summed E-state index contributed by atoms with van der Waals surface area (Å²) in [5, 5.41) is 4.69. The van der Waals surface area contributed by atoms with Crippen molar-refractivity contribution in [2.75, 3.05) is 0 Å². The van der Waals surface area contributed by atoms with Crippen molar-refractivity contribution in [3.8, 4) is 11.3 Å². The number of hydrogen-bond acceptors (Lipinski definition) is 3. The molecule has 1 fully saturated rings. The first-order chi connectivity index (χ1) is 16.5. The molecule has 34 heavy (non-hydrogen) atoms. The molecule has 0 atom stereocenters. The molecule has 1 aliphatic carbocycles. The quantitative estimate of drug-likeness (QED) is 0.276. The summed E-state index contributed by atoms with van der Waals surface area (Å²) in [7, 11) is 0. The molecule has 0 aliphatic heterocycles. The van der Waals surface area contributed by atoms with Crippen molar-refractivity contribution < 1.29 is 4.42 Å². The lowest BCUT2D eigenvalue weighted by Crippen LogP contribution is -2.00. The summed E-state index contributed by atoms with van der Waals surface area (Å²) in [5.74, 6) is 1.19. The number of furan rings is 1. The van der Waals surface area contributed by atoms with Crippen molar-refractivity contribution in [2.45, 2.75) is 65.7 Å². The predicted octanol–water partition coefficient (Wildman–Crippen LogP) is 8.67. The van der Waals surface area contributed by atoms with Gasteiger partial charge in [0.25, 0.3) is 0 Å². The van der Waals surface area contributed by atoms with Crippen molar-refractivity contribution in [1.29, 1.82) is 0 Å². The second-order valence-corrected chi connectivity index (χ2v) is 10.6. The lowest BCUT2D eigenvalue weighted by Gasteiger charge is -2.16. The van der Waals surface area contributed by atoms with E-state index >= 15 is 0 Å². The highest BCUT2D eigenvalue weighted by Gasteiger charge is 2.23. The van der Waals surface area contributed by atoms with Gasteiger partial charge in [-0.15, -0.1) is 0 Å². The normalized spacial score (nSPS) is 14.9. The fourth-order valence-electron chi connectivity index (χ4n) is 5.73. The van der Waals surface area contributed by atoms with Crippen molar-refractivity contribution in [1.82, 2.24) is 9.97 Å². The third-order valence-corrected chi connectivity index (χ3v) is 7.31. The monoisotopic (exact) mass is 448 g/mol. The van der Waals surface area contributed by atoms with Crippen LogP contribution in [0.4, 0.5) is 0 Å². The fourth-order valence-corrected chi connectivity index (χ4v) is 5.73. The van der Waals surface area contributed by atoms with E-state index in [0.29, 0.717) is 17.5 Å². The number of nitrogens with zero attached hydrogens (tertiary/aromatic N) is 2. The summed E-state index contributed by atoms with van der Waals surface area (Å²) in [4.78, 5) is 10.0. The molecule has 0 spiro atoms. The third-order valence-electron chi connectivity index (χ3n) is 7.31. The molecule has 172 valence electrons. The van der Waals surface area contributed by atoms with E-state index < -0.39 is 0 Å². The second kappa shape index (κ2) is 8.23. The van der Waals surface area contributed by atoms with E-state index in [0.717, 1.165) is 39.7 Å². The van der Waals surface area contributed by atoms with Gasteiger partial charge in [0.05, 0.1) is 5.69 Å². The van der Waals surface area contributed by atoms with Crippen LogP contribution < -0.4 is 0 Å². The average molecular weight is 449 g/mol. The van der Waals surface area contributed by atoms with Gasteiger partial charge in [-0.2, -0.15) is 0 Å². The molecule has 5 aromatic rings. The highest BCUT2D eigenvalue weighted by atomic mass is 16.3. The summed E-state index contributed by atoms with van der Waals surface area (Å²) < 4.78 is 6.41. The first kappa shape index (κ1) is 21.3. The van der Waals surface area contributed by atoms with E-state index in [2.05, 4.69) is 74.3 Å². The smallest absolute Gasteiger partial charge is 0.227 e. The minimum Gasteiger partial charge on any atom is -0.437 e. The number of pyridine rings is 2. The standard InChI is InChI=1S/C31H32N2O/c1-18(2)13-21-10-12-24-23(16-21)17-28(22-7-5-6-8-22)33-29(24)27-15-19(3)14-26-25-11-9-20(4)32-31(25)34-30(26)27/h9-12,14-18,22H,5-8,13H2,1-4H3. The van der Waals surface area contributed by atoms with Gasteiger partial charge in [0, 0.05) is 39.0 Å². The minimum absolute atomic E-state index is 0.553. The molecule has 0 N–H and O–H groups in total. The van der Waals surface area contributed by atoms with Gasteiger partial charge < -0.3 is 4.42 Å². The van der Waals surface area contributed by atoms with E-state index in [1.54, 1.807) is 0 Å². The van der Waals surface area contributed by atoms with E-state index in [-0.39, 0.29) is 0 Å². The number of benzene rings is 2. The van der Waals surface area contributed by atoms with Crippen molar-refractivity contribution in [2.24, 2.45) is 5.92 Å². The van der Waals surface area contributed by atoms with Gasteiger partial charge in [0.2, 0.25) is 5.71 Å². The topological polar surface area (TPSA) is 38.9 Å². The van der Waals surface area contributed by atoms with Crippen LogP contribution >= 0.6 is 0 Å². The van der Waals surface area contributed by atoms with E-state index in [1.807, 2.05) is 6.92 Å². The van der Waals surface area contributed by atoms with Gasteiger partial charge in [0.15, 0.2) is 0 Å². The lowest BCUT2D eigenvalue weighted by atomic mass is 9.93. The van der Waals surface area contributed by atoms with E-state index in [4.69, 9.17) is 9.40 Å². The van der Waals surface area contributed by atoms with Gasteiger partial charge in [-0.1, -0.05) is 44.9 Å². The van der Waals surface area contributed by atoms with Crippen LogP contribution in [0.5, 0.6) is 0 Å². The molecular formula is C31H32N2O. The molecule has 6 rings (SSSR count). The van der Waals surface area contributed by atoms with Crippen LogP contribution in [-0.2, 0) is 6.42 Å². The minimum atomic E-state index is 0.553. The molecule has 0 amide bonds.